The molecule has 8 heteroatoms. The fraction of sp³-hybridized carbons (Fsp3) is 0.125. The Hall–Kier alpha value is -4.04. The van der Waals surface area contributed by atoms with Gasteiger partial charge in [0.25, 0.3) is 5.91 Å². The number of benzene rings is 3. The summed E-state index contributed by atoms with van der Waals surface area (Å²) < 4.78 is 14.1. The lowest BCUT2D eigenvalue weighted by atomic mass is 9.99. The number of hydrogen-bond acceptors (Lipinski definition) is 4. The van der Waals surface area contributed by atoms with Crippen LogP contribution in [-0.4, -0.2) is 22.9 Å². The van der Waals surface area contributed by atoms with Gasteiger partial charge < -0.3 is 21.5 Å². The van der Waals surface area contributed by atoms with Gasteiger partial charge in [-0.15, -0.1) is 0 Å². The van der Waals surface area contributed by atoms with Gasteiger partial charge in [0.05, 0.1) is 6.42 Å². The van der Waals surface area contributed by atoms with Gasteiger partial charge in [-0.1, -0.05) is 18.2 Å². The Labute approximate surface area is 184 Å². The van der Waals surface area contributed by atoms with E-state index in [0.29, 0.717) is 33.6 Å². The molecular weight excluding hydrogens is 413 g/mol. The Bertz CT molecular complexity index is 1190. The smallest absolute Gasteiger partial charge is 0.307 e. The highest BCUT2D eigenvalue weighted by atomic mass is 19.1. The summed E-state index contributed by atoms with van der Waals surface area (Å²) in [7, 11) is 0. The molecule has 3 aromatic carbocycles. The zero-order valence-electron chi connectivity index (χ0n) is 17.3. The fourth-order valence-corrected chi connectivity index (χ4v) is 3.29. The quantitative estimate of drug-likeness (QED) is 0.450. The summed E-state index contributed by atoms with van der Waals surface area (Å²) in [6.45, 7) is 1.48. The van der Waals surface area contributed by atoms with Crippen LogP contribution < -0.4 is 16.4 Å². The summed E-state index contributed by atoms with van der Waals surface area (Å²) in [5.74, 6) is -2.33. The molecule has 0 saturated heterocycles. The van der Waals surface area contributed by atoms with Gasteiger partial charge in [-0.05, 0) is 64.7 Å². The molecule has 3 aromatic rings. The van der Waals surface area contributed by atoms with E-state index >= 15 is 0 Å². The topological polar surface area (TPSA) is 122 Å². The molecule has 0 aliphatic rings. The summed E-state index contributed by atoms with van der Waals surface area (Å²) in [4.78, 5) is 35.7. The predicted octanol–water partition coefficient (Wildman–Crippen LogP) is 3.79. The van der Waals surface area contributed by atoms with Crippen molar-refractivity contribution in [3.8, 4) is 11.1 Å². The van der Waals surface area contributed by atoms with Crippen LogP contribution in [0.2, 0.25) is 0 Å². The largest absolute Gasteiger partial charge is 0.481 e. The minimum atomic E-state index is -1.02. The van der Waals surface area contributed by atoms with Crippen molar-refractivity contribution < 1.29 is 23.9 Å². The lowest BCUT2D eigenvalue weighted by Gasteiger charge is -2.13. The number of carbonyl (C=O) groups is 3. The normalized spacial score (nSPS) is 10.5. The van der Waals surface area contributed by atoms with Crippen molar-refractivity contribution in [1.29, 1.82) is 0 Å². The molecule has 7 nitrogen and oxygen atoms in total. The van der Waals surface area contributed by atoms with Crippen molar-refractivity contribution in [2.45, 2.75) is 19.9 Å². The molecular formula is C24H22FN3O4. The Morgan fingerprint density at radius 2 is 1.69 bits per heavy atom. The third-order valence-corrected chi connectivity index (χ3v) is 4.65. The van der Waals surface area contributed by atoms with E-state index in [1.54, 1.807) is 42.5 Å². The predicted molar refractivity (Wildman–Crippen MR) is 120 cm³/mol. The summed E-state index contributed by atoms with van der Waals surface area (Å²) in [5.41, 5.74) is 8.61. The lowest BCUT2D eigenvalue weighted by Crippen LogP contribution is -2.15. The number of nitrogens with one attached hydrogen (secondary N) is 2. The van der Waals surface area contributed by atoms with Crippen molar-refractivity contribution in [3.63, 3.8) is 0 Å². The summed E-state index contributed by atoms with van der Waals surface area (Å²) in [6, 6.07) is 15.6. The number of nitrogens with two attached hydrogens (primary N) is 1. The van der Waals surface area contributed by atoms with Gasteiger partial charge in [-0.2, -0.15) is 0 Å². The summed E-state index contributed by atoms with van der Waals surface area (Å²) in [5, 5.41) is 14.5. The number of carboxylic acids is 1. The van der Waals surface area contributed by atoms with Gasteiger partial charge in [0, 0.05) is 30.4 Å². The molecule has 0 aliphatic heterocycles. The Balaban J connectivity index is 2.02. The molecule has 32 heavy (non-hydrogen) atoms. The molecule has 0 atom stereocenters. The lowest BCUT2D eigenvalue weighted by molar-refractivity contribution is -0.136. The summed E-state index contributed by atoms with van der Waals surface area (Å²) in [6.07, 6.45) is -0.251. The number of anilines is 2. The van der Waals surface area contributed by atoms with Gasteiger partial charge >= 0.3 is 5.97 Å². The van der Waals surface area contributed by atoms with E-state index in [2.05, 4.69) is 10.6 Å². The molecule has 3 rings (SSSR count). The van der Waals surface area contributed by atoms with Crippen molar-refractivity contribution in [3.05, 3.63) is 83.2 Å². The average molecular weight is 435 g/mol. The van der Waals surface area contributed by atoms with E-state index in [-0.39, 0.29) is 24.4 Å². The molecule has 0 fully saturated rings. The number of carboxylic acid groups (broad SMARTS) is 1. The van der Waals surface area contributed by atoms with Crippen LogP contribution in [0.1, 0.15) is 28.4 Å². The molecule has 0 aliphatic carbocycles. The first-order valence-electron chi connectivity index (χ1n) is 9.79. The molecule has 0 unspecified atom stereocenters. The van der Waals surface area contributed by atoms with Crippen LogP contribution in [0.15, 0.2) is 60.7 Å². The maximum Gasteiger partial charge on any atom is 0.307 e. The van der Waals surface area contributed by atoms with E-state index in [1.807, 2.05) is 0 Å². The van der Waals surface area contributed by atoms with Crippen LogP contribution in [0.5, 0.6) is 0 Å². The minimum absolute atomic E-state index is 0.143. The SMILES string of the molecule is CC(=O)Nc1cc(C(=O)Nc2ccccc2CC(=O)O)cc(-c2cc(F)cc(CN)c2)c1. The number of carbonyl (C=O) groups excluding carboxylic acids is 2. The molecule has 0 aromatic heterocycles. The van der Waals surface area contributed by atoms with E-state index in [1.165, 1.54) is 25.1 Å². The highest BCUT2D eigenvalue weighted by molar-refractivity contribution is 6.06. The number of amides is 2. The molecule has 0 heterocycles. The second-order valence-electron chi connectivity index (χ2n) is 7.21. The van der Waals surface area contributed by atoms with Crippen molar-refractivity contribution in [1.82, 2.24) is 0 Å². The highest BCUT2D eigenvalue weighted by Crippen LogP contribution is 2.28. The maximum atomic E-state index is 14.1. The van der Waals surface area contributed by atoms with Gasteiger partial charge in [0.2, 0.25) is 5.91 Å². The van der Waals surface area contributed by atoms with Crippen molar-refractivity contribution in [2.75, 3.05) is 10.6 Å². The number of para-hydroxylation sites is 1. The minimum Gasteiger partial charge on any atom is -0.481 e. The van der Waals surface area contributed by atoms with Gasteiger partial charge in [0.1, 0.15) is 5.82 Å². The van der Waals surface area contributed by atoms with E-state index in [4.69, 9.17) is 10.8 Å². The molecule has 2 amide bonds. The Kier molecular flexibility index (Phi) is 6.97. The van der Waals surface area contributed by atoms with Gasteiger partial charge in [-0.3, -0.25) is 14.4 Å². The van der Waals surface area contributed by atoms with Crippen LogP contribution >= 0.6 is 0 Å². The van der Waals surface area contributed by atoms with E-state index in [9.17, 15) is 18.8 Å². The monoisotopic (exact) mass is 435 g/mol. The third-order valence-electron chi connectivity index (χ3n) is 4.65. The highest BCUT2D eigenvalue weighted by Gasteiger charge is 2.14. The van der Waals surface area contributed by atoms with Crippen LogP contribution in [-0.2, 0) is 22.6 Å². The third kappa shape index (κ3) is 5.77. The van der Waals surface area contributed by atoms with Crippen molar-refractivity contribution >= 4 is 29.2 Å². The molecule has 0 spiro atoms. The molecule has 0 radical (unpaired) electrons. The zero-order chi connectivity index (χ0) is 23.3. The number of aliphatic carboxylic acids is 1. The van der Waals surface area contributed by atoms with Crippen LogP contribution in [0.25, 0.3) is 11.1 Å². The molecule has 5 N–H and O–H groups in total. The second-order valence-corrected chi connectivity index (χ2v) is 7.21. The standard InChI is InChI=1S/C24H22FN3O4/c1-14(29)27-21-10-18(17-6-15(13-26)7-20(25)9-17)8-19(11-21)24(32)28-22-5-3-2-4-16(22)12-23(30)31/h2-11H,12-13,26H2,1H3,(H,27,29)(H,28,32)(H,30,31). The summed E-state index contributed by atoms with van der Waals surface area (Å²) >= 11 is 0. The van der Waals surface area contributed by atoms with Crippen LogP contribution in [0.3, 0.4) is 0 Å². The number of rotatable bonds is 7. The molecule has 0 bridgehead atoms. The van der Waals surface area contributed by atoms with E-state index in [0.717, 1.165) is 0 Å². The first-order valence-corrected chi connectivity index (χ1v) is 9.79. The zero-order valence-corrected chi connectivity index (χ0v) is 17.3. The molecule has 164 valence electrons. The van der Waals surface area contributed by atoms with Crippen LogP contribution in [0, 0.1) is 5.82 Å². The van der Waals surface area contributed by atoms with Crippen LogP contribution in [0.4, 0.5) is 15.8 Å². The number of hydrogen-bond donors (Lipinski definition) is 4. The van der Waals surface area contributed by atoms with Gasteiger partial charge in [-0.25, -0.2) is 4.39 Å². The molecule has 0 saturated carbocycles. The Morgan fingerprint density at radius 1 is 0.969 bits per heavy atom. The van der Waals surface area contributed by atoms with E-state index < -0.39 is 17.7 Å². The number of halogens is 1. The average Bonchev–Trinajstić information content (AvgIpc) is 2.73. The second kappa shape index (κ2) is 9.84. The first-order chi connectivity index (χ1) is 15.2. The van der Waals surface area contributed by atoms with Gasteiger partial charge in [0.15, 0.2) is 0 Å². The first kappa shape index (κ1) is 22.6. The van der Waals surface area contributed by atoms with Crippen molar-refractivity contribution in [2.24, 2.45) is 5.73 Å². The Morgan fingerprint density at radius 3 is 2.38 bits per heavy atom. The fourth-order valence-electron chi connectivity index (χ4n) is 3.29. The maximum absolute atomic E-state index is 14.1.